The molecule has 9 nitrogen and oxygen atoms in total. The van der Waals surface area contributed by atoms with Crippen molar-refractivity contribution in [3.63, 3.8) is 0 Å². The summed E-state index contributed by atoms with van der Waals surface area (Å²) in [6, 6.07) is 9.26. The number of halogens is 1. The van der Waals surface area contributed by atoms with Crippen LogP contribution in [0.4, 0.5) is 10.2 Å². The van der Waals surface area contributed by atoms with Crippen molar-refractivity contribution in [1.29, 1.82) is 0 Å². The van der Waals surface area contributed by atoms with Crippen LogP contribution in [-0.4, -0.2) is 40.5 Å². The molecule has 1 unspecified atom stereocenters. The standard InChI is InChI=1S/C19H18FN5O4S2/c20-12-4-6-15(7-5-12)31(28,29)25-16(18(26)27)10-13-2-1-3-14(23-13)11-30-19-22-9-8-17(21)24-19/h1-9,16,25H,10-11H2,(H,26,27)(H2,21,22,24). The third kappa shape index (κ3) is 6.44. The Morgan fingerprint density at radius 3 is 2.52 bits per heavy atom. The number of nitrogen functional groups attached to an aromatic ring is 1. The highest BCUT2D eigenvalue weighted by Crippen LogP contribution is 2.19. The largest absolute Gasteiger partial charge is 0.480 e. The lowest BCUT2D eigenvalue weighted by Crippen LogP contribution is -2.42. The number of nitrogens with zero attached hydrogens (tertiary/aromatic N) is 3. The van der Waals surface area contributed by atoms with Crippen LogP contribution >= 0.6 is 11.8 Å². The summed E-state index contributed by atoms with van der Waals surface area (Å²) in [6.07, 6.45) is 1.36. The van der Waals surface area contributed by atoms with Crippen molar-refractivity contribution in [2.75, 3.05) is 5.73 Å². The van der Waals surface area contributed by atoms with Crippen molar-refractivity contribution < 1.29 is 22.7 Å². The summed E-state index contributed by atoms with van der Waals surface area (Å²) >= 11 is 1.31. The maximum absolute atomic E-state index is 13.0. The minimum Gasteiger partial charge on any atom is -0.480 e. The summed E-state index contributed by atoms with van der Waals surface area (Å²) in [6.45, 7) is 0. The van der Waals surface area contributed by atoms with Gasteiger partial charge in [-0.15, -0.1) is 0 Å². The van der Waals surface area contributed by atoms with Crippen molar-refractivity contribution in [2.24, 2.45) is 0 Å². The fourth-order valence-electron chi connectivity index (χ4n) is 2.54. The van der Waals surface area contributed by atoms with Gasteiger partial charge in [0.1, 0.15) is 17.7 Å². The summed E-state index contributed by atoms with van der Waals surface area (Å²) < 4.78 is 40.1. The van der Waals surface area contributed by atoms with E-state index in [9.17, 15) is 22.7 Å². The van der Waals surface area contributed by atoms with E-state index >= 15 is 0 Å². The smallest absolute Gasteiger partial charge is 0.322 e. The Bertz CT molecular complexity index is 1180. The van der Waals surface area contributed by atoms with Crippen molar-refractivity contribution in [1.82, 2.24) is 19.7 Å². The van der Waals surface area contributed by atoms with E-state index in [0.717, 1.165) is 24.3 Å². The number of benzene rings is 1. The zero-order chi connectivity index (χ0) is 22.4. The number of carboxylic acid groups (broad SMARTS) is 1. The van der Waals surface area contributed by atoms with Crippen molar-refractivity contribution in [2.45, 2.75) is 28.3 Å². The molecule has 0 saturated heterocycles. The lowest BCUT2D eigenvalue weighted by atomic mass is 10.1. The maximum Gasteiger partial charge on any atom is 0.322 e. The maximum atomic E-state index is 13.0. The molecule has 0 amide bonds. The van der Waals surface area contributed by atoms with Crippen LogP contribution in [-0.2, 0) is 27.0 Å². The molecule has 1 atom stereocenters. The van der Waals surface area contributed by atoms with Gasteiger partial charge in [-0.25, -0.2) is 22.8 Å². The van der Waals surface area contributed by atoms with Gasteiger partial charge in [0, 0.05) is 24.1 Å². The number of pyridine rings is 1. The minimum absolute atomic E-state index is 0.178. The molecule has 0 aliphatic rings. The van der Waals surface area contributed by atoms with Crippen LogP contribution < -0.4 is 10.5 Å². The summed E-state index contributed by atoms with van der Waals surface area (Å²) in [5.41, 5.74) is 6.65. The number of hydrogen-bond acceptors (Lipinski definition) is 8. The second-order valence-corrected chi connectivity index (χ2v) is 9.00. The number of rotatable bonds is 9. The highest BCUT2D eigenvalue weighted by Gasteiger charge is 2.26. The molecule has 0 saturated carbocycles. The van der Waals surface area contributed by atoms with E-state index in [4.69, 9.17) is 5.73 Å². The molecule has 2 aromatic heterocycles. The fourth-order valence-corrected chi connectivity index (χ4v) is 4.48. The molecule has 12 heteroatoms. The van der Waals surface area contributed by atoms with E-state index in [0.29, 0.717) is 28.1 Å². The number of thioether (sulfide) groups is 1. The van der Waals surface area contributed by atoms with E-state index < -0.39 is 27.9 Å². The summed E-state index contributed by atoms with van der Waals surface area (Å²) in [5.74, 6) is -1.20. The Balaban J connectivity index is 1.70. The third-order valence-corrected chi connectivity index (χ3v) is 6.38. The van der Waals surface area contributed by atoms with Gasteiger partial charge in [0.15, 0.2) is 5.16 Å². The number of aromatic nitrogens is 3. The highest BCUT2D eigenvalue weighted by molar-refractivity contribution is 7.98. The van der Waals surface area contributed by atoms with Crippen molar-refractivity contribution in [3.05, 3.63) is 71.9 Å². The molecule has 1 aromatic carbocycles. The first kappa shape index (κ1) is 22.6. The number of hydrogen-bond donors (Lipinski definition) is 3. The second-order valence-electron chi connectivity index (χ2n) is 6.34. The van der Waals surface area contributed by atoms with E-state index in [-0.39, 0.29) is 11.3 Å². The first-order chi connectivity index (χ1) is 14.7. The Labute approximate surface area is 182 Å². The summed E-state index contributed by atoms with van der Waals surface area (Å²) in [7, 11) is -4.16. The van der Waals surface area contributed by atoms with Gasteiger partial charge in [-0.1, -0.05) is 17.8 Å². The van der Waals surface area contributed by atoms with E-state index in [1.165, 1.54) is 11.8 Å². The van der Waals surface area contributed by atoms with Crippen LogP contribution in [0, 0.1) is 5.82 Å². The van der Waals surface area contributed by atoms with Gasteiger partial charge in [-0.2, -0.15) is 4.72 Å². The number of nitrogens with one attached hydrogen (secondary N) is 1. The number of nitrogens with two attached hydrogens (primary N) is 1. The average molecular weight is 464 g/mol. The van der Waals surface area contributed by atoms with E-state index in [1.807, 2.05) is 0 Å². The number of carboxylic acids is 1. The molecule has 0 fully saturated rings. The molecule has 0 aliphatic heterocycles. The topological polar surface area (TPSA) is 148 Å². The quantitative estimate of drug-likeness (QED) is 0.319. The van der Waals surface area contributed by atoms with Gasteiger partial charge >= 0.3 is 5.97 Å². The van der Waals surface area contributed by atoms with Crippen LogP contribution in [0.25, 0.3) is 0 Å². The zero-order valence-corrected chi connectivity index (χ0v) is 17.6. The van der Waals surface area contributed by atoms with Gasteiger partial charge in [-0.05, 0) is 42.5 Å². The molecule has 3 rings (SSSR count). The van der Waals surface area contributed by atoms with Gasteiger partial charge < -0.3 is 10.8 Å². The van der Waals surface area contributed by atoms with Crippen LogP contribution in [0.2, 0.25) is 0 Å². The second kappa shape index (κ2) is 9.81. The van der Waals surface area contributed by atoms with E-state index in [2.05, 4.69) is 19.7 Å². The molecule has 2 heterocycles. The SMILES string of the molecule is Nc1ccnc(SCc2cccc(CC(NS(=O)(=O)c3ccc(F)cc3)C(=O)O)n2)n1. The molecule has 3 aromatic rings. The van der Waals surface area contributed by atoms with Gasteiger partial charge in [0.2, 0.25) is 10.0 Å². The first-order valence-corrected chi connectivity index (χ1v) is 11.4. The predicted octanol–water partition coefficient (Wildman–Crippen LogP) is 1.86. The Hall–Kier alpha value is -3.09. The normalized spacial score (nSPS) is 12.4. The predicted molar refractivity (Wildman–Crippen MR) is 112 cm³/mol. The van der Waals surface area contributed by atoms with Gasteiger partial charge in [0.25, 0.3) is 0 Å². The highest BCUT2D eigenvalue weighted by atomic mass is 32.2. The Morgan fingerprint density at radius 2 is 1.84 bits per heavy atom. The number of anilines is 1. The summed E-state index contributed by atoms with van der Waals surface area (Å²) in [5, 5.41) is 9.96. The average Bonchev–Trinajstić information content (AvgIpc) is 2.72. The van der Waals surface area contributed by atoms with Crippen LogP contribution in [0.1, 0.15) is 11.4 Å². The monoisotopic (exact) mass is 463 g/mol. The number of carbonyl (C=O) groups is 1. The molecule has 0 aliphatic carbocycles. The van der Waals surface area contributed by atoms with E-state index in [1.54, 1.807) is 30.5 Å². The van der Waals surface area contributed by atoms with Crippen molar-refractivity contribution >= 4 is 33.6 Å². The first-order valence-electron chi connectivity index (χ1n) is 8.90. The molecule has 31 heavy (non-hydrogen) atoms. The molecule has 0 bridgehead atoms. The van der Waals surface area contributed by atoms with Crippen LogP contribution in [0.5, 0.6) is 0 Å². The molecular weight excluding hydrogens is 445 g/mol. The lowest BCUT2D eigenvalue weighted by molar-refractivity contribution is -0.138. The third-order valence-electron chi connectivity index (χ3n) is 4.00. The van der Waals surface area contributed by atoms with Gasteiger partial charge in [-0.3, -0.25) is 9.78 Å². The molecule has 0 radical (unpaired) electrons. The van der Waals surface area contributed by atoms with Gasteiger partial charge in [0.05, 0.1) is 10.6 Å². The lowest BCUT2D eigenvalue weighted by Gasteiger charge is -2.15. The van der Waals surface area contributed by atoms with Crippen LogP contribution in [0.3, 0.4) is 0 Å². The molecule has 4 N–H and O–H groups in total. The molecule has 162 valence electrons. The Kier molecular flexibility index (Phi) is 7.15. The van der Waals surface area contributed by atoms with Crippen molar-refractivity contribution in [3.8, 4) is 0 Å². The van der Waals surface area contributed by atoms with Crippen LogP contribution in [0.15, 0.2) is 64.8 Å². The Morgan fingerprint density at radius 1 is 1.13 bits per heavy atom. The minimum atomic E-state index is -4.16. The molecular formula is C19H18FN5O4S2. The zero-order valence-electron chi connectivity index (χ0n) is 16.0. The number of sulfonamides is 1. The fraction of sp³-hybridized carbons (Fsp3) is 0.158. The molecule has 0 spiro atoms. The summed E-state index contributed by atoms with van der Waals surface area (Å²) in [4.78, 5) is 24.0. The number of aliphatic carboxylic acids is 1.